The number of allylic oxidation sites excluding steroid dienone is 5. The van der Waals surface area contributed by atoms with E-state index in [1.807, 2.05) is 44.3 Å². The molecular formula is C19H29NS. The van der Waals surface area contributed by atoms with Crippen molar-refractivity contribution in [3.05, 3.63) is 72.0 Å². The van der Waals surface area contributed by atoms with E-state index in [1.165, 1.54) is 5.56 Å². The van der Waals surface area contributed by atoms with Crippen molar-refractivity contribution in [1.82, 2.24) is 4.98 Å². The zero-order valence-electron chi connectivity index (χ0n) is 13.8. The summed E-state index contributed by atoms with van der Waals surface area (Å²) in [6, 6.07) is 3.98. The minimum atomic E-state index is 0.951. The second-order valence-corrected chi connectivity index (χ2v) is 4.25. The molecule has 1 rings (SSSR count). The molecular weight excluding hydrogens is 274 g/mol. The van der Waals surface area contributed by atoms with Gasteiger partial charge in [0.15, 0.2) is 0 Å². The molecule has 0 aromatic carbocycles. The van der Waals surface area contributed by atoms with Crippen molar-refractivity contribution < 1.29 is 0 Å². The zero-order valence-corrected chi connectivity index (χ0v) is 14.7. The third kappa shape index (κ3) is 16.4. The van der Waals surface area contributed by atoms with E-state index in [4.69, 9.17) is 0 Å². The van der Waals surface area contributed by atoms with Crippen molar-refractivity contribution in [2.75, 3.05) is 0 Å². The average molecular weight is 304 g/mol. The summed E-state index contributed by atoms with van der Waals surface area (Å²) in [4.78, 5) is 4.94. The summed E-state index contributed by atoms with van der Waals surface area (Å²) >= 11 is 4.15. The van der Waals surface area contributed by atoms with Crippen molar-refractivity contribution in [2.24, 2.45) is 0 Å². The lowest BCUT2D eigenvalue weighted by molar-refractivity contribution is 1.22. The molecule has 0 aliphatic rings. The van der Waals surface area contributed by atoms with Gasteiger partial charge >= 0.3 is 0 Å². The summed E-state index contributed by atoms with van der Waals surface area (Å²) in [6.07, 6.45) is 17.6. The fraction of sp³-hybridized carbons (Fsp3) is 0.316. The molecule has 0 aliphatic heterocycles. The van der Waals surface area contributed by atoms with Crippen LogP contribution in [0.4, 0.5) is 0 Å². The van der Waals surface area contributed by atoms with Crippen LogP contribution >= 0.6 is 12.6 Å². The third-order valence-corrected chi connectivity index (χ3v) is 2.34. The number of hydrogen-bond donors (Lipinski definition) is 1. The number of pyridine rings is 1. The Labute approximate surface area is 136 Å². The highest BCUT2D eigenvalue weighted by atomic mass is 32.1. The van der Waals surface area contributed by atoms with Crippen LogP contribution in [0.3, 0.4) is 0 Å². The summed E-state index contributed by atoms with van der Waals surface area (Å²) < 4.78 is 0. The van der Waals surface area contributed by atoms with Crippen LogP contribution in [-0.4, -0.2) is 4.98 Å². The fourth-order valence-electron chi connectivity index (χ4n) is 1.14. The van der Waals surface area contributed by atoms with Gasteiger partial charge in [-0.25, -0.2) is 0 Å². The summed E-state index contributed by atoms with van der Waals surface area (Å²) in [5.41, 5.74) is 1.17. The predicted octanol–water partition coefficient (Wildman–Crippen LogP) is 6.48. The average Bonchev–Trinajstić information content (AvgIpc) is 2.55. The number of rotatable bonds is 5. The van der Waals surface area contributed by atoms with Gasteiger partial charge in [0.25, 0.3) is 0 Å². The van der Waals surface area contributed by atoms with E-state index in [9.17, 15) is 0 Å². The summed E-state index contributed by atoms with van der Waals surface area (Å²) in [5.74, 6) is 0. The molecule has 1 aromatic rings. The first-order valence-corrected chi connectivity index (χ1v) is 7.94. The Bertz CT molecular complexity index is 416. The van der Waals surface area contributed by atoms with Crippen molar-refractivity contribution >= 4 is 18.7 Å². The molecule has 1 aromatic heterocycles. The van der Waals surface area contributed by atoms with E-state index < -0.39 is 0 Å². The third-order valence-electron chi connectivity index (χ3n) is 2.04. The number of hydrogen-bond acceptors (Lipinski definition) is 2. The predicted molar refractivity (Wildman–Crippen MR) is 102 cm³/mol. The number of aromatic nitrogens is 1. The van der Waals surface area contributed by atoms with Gasteiger partial charge in [0.2, 0.25) is 0 Å². The van der Waals surface area contributed by atoms with Crippen molar-refractivity contribution in [2.45, 2.75) is 40.5 Å². The van der Waals surface area contributed by atoms with Gasteiger partial charge in [0.1, 0.15) is 0 Å². The lowest BCUT2D eigenvalue weighted by atomic mass is 10.2. The molecule has 1 heterocycles. The quantitative estimate of drug-likeness (QED) is 0.485. The first-order chi connectivity index (χ1) is 10.2. The lowest BCUT2D eigenvalue weighted by Crippen LogP contribution is -1.71. The summed E-state index contributed by atoms with van der Waals surface area (Å²) in [5, 5.41) is 0. The number of nitrogens with zero attached hydrogens (tertiary/aromatic N) is 1. The highest BCUT2D eigenvalue weighted by Gasteiger charge is 1.80. The molecule has 0 unspecified atom stereocenters. The minimum absolute atomic E-state index is 0.951. The van der Waals surface area contributed by atoms with Crippen LogP contribution < -0.4 is 0 Å². The Kier molecular flexibility index (Phi) is 19.1. The van der Waals surface area contributed by atoms with Gasteiger partial charge in [-0.3, -0.25) is 4.98 Å². The SMILES string of the molecule is C=C/C=C(S)/C=C/CC.CC.CC/C=C/c1cccnc1. The molecule has 0 spiro atoms. The van der Waals surface area contributed by atoms with E-state index in [0.29, 0.717) is 0 Å². The minimum Gasteiger partial charge on any atom is -0.264 e. The highest BCUT2D eigenvalue weighted by Crippen LogP contribution is 2.02. The maximum Gasteiger partial charge on any atom is 0.0340 e. The smallest absolute Gasteiger partial charge is 0.0340 e. The molecule has 0 fully saturated rings. The molecule has 0 atom stereocenters. The van der Waals surface area contributed by atoms with E-state index in [-0.39, 0.29) is 0 Å². The highest BCUT2D eigenvalue weighted by molar-refractivity contribution is 7.84. The van der Waals surface area contributed by atoms with Crippen LogP contribution in [0.1, 0.15) is 46.1 Å². The van der Waals surface area contributed by atoms with Gasteiger partial charge in [0.05, 0.1) is 0 Å². The summed E-state index contributed by atoms with van der Waals surface area (Å²) in [6.45, 7) is 11.8. The van der Waals surface area contributed by atoms with Crippen LogP contribution in [0.15, 0.2) is 66.4 Å². The van der Waals surface area contributed by atoms with Crippen molar-refractivity contribution in [1.29, 1.82) is 0 Å². The van der Waals surface area contributed by atoms with E-state index in [2.05, 4.69) is 56.3 Å². The van der Waals surface area contributed by atoms with Crippen LogP contribution in [-0.2, 0) is 0 Å². The van der Waals surface area contributed by atoms with Crippen LogP contribution in [0, 0.1) is 0 Å². The van der Waals surface area contributed by atoms with Gasteiger partial charge in [-0.2, -0.15) is 0 Å². The van der Waals surface area contributed by atoms with Gasteiger partial charge in [-0.15, -0.1) is 12.6 Å². The Morgan fingerprint density at radius 2 is 1.90 bits per heavy atom. The normalized spacial score (nSPS) is 10.6. The molecule has 0 bridgehead atoms. The Balaban J connectivity index is 0. The van der Waals surface area contributed by atoms with Crippen molar-refractivity contribution in [3.8, 4) is 0 Å². The van der Waals surface area contributed by atoms with E-state index >= 15 is 0 Å². The van der Waals surface area contributed by atoms with Crippen molar-refractivity contribution in [3.63, 3.8) is 0 Å². The molecule has 116 valence electrons. The molecule has 0 saturated heterocycles. The molecule has 21 heavy (non-hydrogen) atoms. The van der Waals surface area contributed by atoms with Crippen LogP contribution in [0.5, 0.6) is 0 Å². The molecule has 0 radical (unpaired) electrons. The number of thiol groups is 1. The maximum atomic E-state index is 4.15. The Morgan fingerprint density at radius 1 is 1.24 bits per heavy atom. The van der Waals surface area contributed by atoms with E-state index in [1.54, 1.807) is 12.3 Å². The van der Waals surface area contributed by atoms with Gasteiger partial charge in [-0.1, -0.05) is 70.7 Å². The lowest BCUT2D eigenvalue weighted by Gasteiger charge is -1.87. The topological polar surface area (TPSA) is 12.9 Å². The maximum absolute atomic E-state index is 4.15. The standard InChI is InChI=1S/C9H11N.C8H12S.C2H6/c1-2-3-5-9-6-4-7-10-8-9;1-3-5-7-8(9)6-4-2;1-2/h3-8H,2H2,1H3;4-7,9H,2-3H2,1H3;1-2H3/b5-3+;7-5+,8-6-;. The van der Waals surface area contributed by atoms with Gasteiger partial charge < -0.3 is 0 Å². The first-order valence-electron chi connectivity index (χ1n) is 7.49. The molecule has 0 aliphatic carbocycles. The second-order valence-electron chi connectivity index (χ2n) is 3.73. The first kappa shape index (κ1) is 21.8. The molecule has 2 heteroatoms. The molecule has 0 N–H and O–H groups in total. The largest absolute Gasteiger partial charge is 0.264 e. The molecule has 0 amide bonds. The zero-order chi connectivity index (χ0) is 16.3. The fourth-order valence-corrected chi connectivity index (χ4v) is 1.35. The second kappa shape index (κ2) is 18.5. The van der Waals surface area contributed by atoms with Gasteiger partial charge in [0, 0.05) is 17.3 Å². The van der Waals surface area contributed by atoms with E-state index in [0.717, 1.165) is 17.7 Å². The summed E-state index contributed by atoms with van der Waals surface area (Å²) in [7, 11) is 0. The Morgan fingerprint density at radius 3 is 2.38 bits per heavy atom. The monoisotopic (exact) mass is 303 g/mol. The Hall–Kier alpha value is -1.54. The van der Waals surface area contributed by atoms with Crippen LogP contribution in [0.2, 0.25) is 0 Å². The molecule has 1 nitrogen and oxygen atoms in total. The van der Waals surface area contributed by atoms with Gasteiger partial charge in [-0.05, 0) is 30.5 Å². The molecule has 0 saturated carbocycles. The van der Waals surface area contributed by atoms with Crippen LogP contribution in [0.25, 0.3) is 6.08 Å².